The SMILES string of the molecule is O=C(CSc1nnc(-c2ccco2)n1-c1ccc(F)cc1)Nc1ncc(Cc2c(Cl)cccc2Cl)s1. The molecule has 1 amide bonds. The number of furan rings is 1. The van der Waals surface area contributed by atoms with Crippen LogP contribution in [0.3, 0.4) is 0 Å². The molecule has 5 aromatic rings. The number of halogens is 3. The van der Waals surface area contributed by atoms with Gasteiger partial charge in [-0.3, -0.25) is 9.36 Å². The molecule has 36 heavy (non-hydrogen) atoms. The lowest BCUT2D eigenvalue weighted by atomic mass is 10.1. The van der Waals surface area contributed by atoms with Gasteiger partial charge >= 0.3 is 0 Å². The molecule has 0 fully saturated rings. The fourth-order valence-corrected chi connectivity index (χ4v) is 5.48. The molecule has 0 atom stereocenters. The van der Waals surface area contributed by atoms with Gasteiger partial charge < -0.3 is 9.73 Å². The second-order valence-electron chi connectivity index (χ2n) is 7.44. The second-order valence-corrected chi connectivity index (χ2v) is 10.3. The molecule has 0 aliphatic carbocycles. The topological polar surface area (TPSA) is 85.8 Å². The lowest BCUT2D eigenvalue weighted by molar-refractivity contribution is -0.113. The summed E-state index contributed by atoms with van der Waals surface area (Å²) in [6.07, 6.45) is 3.73. The molecule has 0 spiro atoms. The molecular weight excluding hydrogens is 544 g/mol. The van der Waals surface area contributed by atoms with Crippen LogP contribution in [-0.2, 0) is 11.2 Å². The monoisotopic (exact) mass is 559 g/mol. The summed E-state index contributed by atoms with van der Waals surface area (Å²) in [6.45, 7) is 0. The van der Waals surface area contributed by atoms with Gasteiger partial charge in [0.25, 0.3) is 0 Å². The maximum atomic E-state index is 13.5. The fourth-order valence-electron chi connectivity index (χ4n) is 3.36. The zero-order valence-corrected chi connectivity index (χ0v) is 21.5. The summed E-state index contributed by atoms with van der Waals surface area (Å²) in [5.74, 6) is 0.377. The molecule has 3 aromatic heterocycles. The average molecular weight is 560 g/mol. The number of rotatable bonds is 8. The Morgan fingerprint density at radius 3 is 2.58 bits per heavy atom. The number of thiazole rings is 1. The molecule has 0 aliphatic heterocycles. The smallest absolute Gasteiger partial charge is 0.236 e. The first-order valence-electron chi connectivity index (χ1n) is 10.5. The summed E-state index contributed by atoms with van der Waals surface area (Å²) >= 11 is 15.1. The van der Waals surface area contributed by atoms with Crippen LogP contribution in [0.25, 0.3) is 17.3 Å². The quantitative estimate of drug-likeness (QED) is 0.211. The number of aromatic nitrogens is 4. The van der Waals surface area contributed by atoms with Gasteiger partial charge in [-0.15, -0.1) is 21.5 Å². The number of hydrogen-bond acceptors (Lipinski definition) is 7. The third-order valence-electron chi connectivity index (χ3n) is 5.00. The number of anilines is 1. The lowest BCUT2D eigenvalue weighted by Gasteiger charge is -2.09. The number of carbonyl (C=O) groups excluding carboxylic acids is 1. The molecular formula is C24H16Cl2FN5O2S2. The van der Waals surface area contributed by atoms with Gasteiger partial charge in [0.15, 0.2) is 16.0 Å². The normalized spacial score (nSPS) is 11.1. The van der Waals surface area contributed by atoms with Gasteiger partial charge in [-0.25, -0.2) is 9.37 Å². The third kappa shape index (κ3) is 5.46. The van der Waals surface area contributed by atoms with Crippen LogP contribution in [0.4, 0.5) is 9.52 Å². The van der Waals surface area contributed by atoms with Crippen molar-refractivity contribution in [2.24, 2.45) is 0 Å². The molecule has 0 aliphatic rings. The van der Waals surface area contributed by atoms with Crippen LogP contribution in [0.2, 0.25) is 10.0 Å². The van der Waals surface area contributed by atoms with Crippen LogP contribution in [0.5, 0.6) is 0 Å². The van der Waals surface area contributed by atoms with E-state index in [1.54, 1.807) is 53.2 Å². The van der Waals surface area contributed by atoms with E-state index in [4.69, 9.17) is 27.6 Å². The van der Waals surface area contributed by atoms with Crippen LogP contribution < -0.4 is 5.32 Å². The summed E-state index contributed by atoms with van der Waals surface area (Å²) in [4.78, 5) is 17.9. The van der Waals surface area contributed by atoms with Gasteiger partial charge in [0.05, 0.1) is 17.7 Å². The van der Waals surface area contributed by atoms with E-state index in [0.717, 1.165) is 10.4 Å². The van der Waals surface area contributed by atoms with Gasteiger partial charge in [0.1, 0.15) is 5.82 Å². The van der Waals surface area contributed by atoms with Gasteiger partial charge in [-0.2, -0.15) is 0 Å². The van der Waals surface area contributed by atoms with Crippen LogP contribution in [0, 0.1) is 5.82 Å². The Kier molecular flexibility index (Phi) is 7.38. The van der Waals surface area contributed by atoms with Crippen molar-refractivity contribution in [1.82, 2.24) is 19.7 Å². The lowest BCUT2D eigenvalue weighted by Crippen LogP contribution is -2.14. The van der Waals surface area contributed by atoms with Crippen LogP contribution in [0.1, 0.15) is 10.4 Å². The minimum Gasteiger partial charge on any atom is -0.461 e. The van der Waals surface area contributed by atoms with Gasteiger partial charge in [0.2, 0.25) is 11.7 Å². The van der Waals surface area contributed by atoms with E-state index in [1.165, 1.54) is 41.5 Å². The van der Waals surface area contributed by atoms with Gasteiger partial charge in [-0.1, -0.05) is 41.0 Å². The molecule has 0 bridgehead atoms. The van der Waals surface area contributed by atoms with Crippen LogP contribution in [-0.4, -0.2) is 31.4 Å². The number of amides is 1. The van der Waals surface area contributed by atoms with Crippen molar-refractivity contribution in [1.29, 1.82) is 0 Å². The molecule has 12 heteroatoms. The number of nitrogens with one attached hydrogen (secondary N) is 1. The zero-order chi connectivity index (χ0) is 25.1. The Labute approximate surface area is 223 Å². The van der Waals surface area contributed by atoms with Crippen molar-refractivity contribution in [3.8, 4) is 17.3 Å². The van der Waals surface area contributed by atoms with Crippen LogP contribution >= 0.6 is 46.3 Å². The van der Waals surface area contributed by atoms with Crippen molar-refractivity contribution < 1.29 is 13.6 Å². The Hall–Kier alpha value is -3.18. The number of benzene rings is 2. The molecule has 3 heterocycles. The van der Waals surface area contributed by atoms with E-state index < -0.39 is 0 Å². The number of hydrogen-bond donors (Lipinski definition) is 1. The highest BCUT2D eigenvalue weighted by molar-refractivity contribution is 7.99. The van der Waals surface area contributed by atoms with Crippen molar-refractivity contribution in [2.45, 2.75) is 11.6 Å². The van der Waals surface area contributed by atoms with Crippen molar-refractivity contribution in [3.63, 3.8) is 0 Å². The summed E-state index contributed by atoms with van der Waals surface area (Å²) in [5, 5.41) is 13.3. The Bertz CT molecular complexity index is 1480. The predicted octanol–water partition coefficient (Wildman–Crippen LogP) is 6.75. The summed E-state index contributed by atoms with van der Waals surface area (Å²) in [6, 6.07) is 14.8. The summed E-state index contributed by atoms with van der Waals surface area (Å²) in [7, 11) is 0. The molecule has 0 unspecified atom stereocenters. The maximum Gasteiger partial charge on any atom is 0.236 e. The highest BCUT2D eigenvalue weighted by Gasteiger charge is 2.19. The highest BCUT2D eigenvalue weighted by Crippen LogP contribution is 2.31. The Morgan fingerprint density at radius 1 is 1.08 bits per heavy atom. The molecule has 0 radical (unpaired) electrons. The number of nitrogens with zero attached hydrogens (tertiary/aromatic N) is 4. The zero-order valence-electron chi connectivity index (χ0n) is 18.3. The molecule has 182 valence electrons. The molecule has 2 aromatic carbocycles. The predicted molar refractivity (Wildman–Crippen MR) is 140 cm³/mol. The van der Waals surface area contributed by atoms with E-state index in [2.05, 4.69) is 20.5 Å². The maximum absolute atomic E-state index is 13.5. The highest BCUT2D eigenvalue weighted by atomic mass is 35.5. The van der Waals surface area contributed by atoms with E-state index in [1.807, 2.05) is 0 Å². The van der Waals surface area contributed by atoms with E-state index in [-0.39, 0.29) is 17.5 Å². The molecule has 5 rings (SSSR count). The van der Waals surface area contributed by atoms with E-state index >= 15 is 0 Å². The van der Waals surface area contributed by atoms with E-state index in [9.17, 15) is 9.18 Å². The standard InChI is InChI=1S/C24H16Cl2FN5O2S2/c25-18-3-1-4-19(26)17(18)11-16-12-28-23(36-16)29-21(33)13-35-24-31-30-22(20-5-2-10-34-20)32(24)15-8-6-14(27)7-9-15/h1-10,12H,11,13H2,(H,28,29,33). The van der Waals surface area contributed by atoms with Gasteiger partial charge in [0, 0.05) is 27.5 Å². The van der Waals surface area contributed by atoms with E-state index in [0.29, 0.717) is 44.0 Å². The fraction of sp³-hybridized carbons (Fsp3) is 0.0833. The molecule has 1 N–H and O–H groups in total. The Balaban J connectivity index is 1.28. The molecule has 0 saturated heterocycles. The first-order valence-corrected chi connectivity index (χ1v) is 13.1. The summed E-state index contributed by atoms with van der Waals surface area (Å²) < 4.78 is 20.7. The molecule has 0 saturated carbocycles. The number of thioether (sulfide) groups is 1. The average Bonchev–Trinajstić information content (AvgIpc) is 3.62. The van der Waals surface area contributed by atoms with Crippen molar-refractivity contribution >= 4 is 57.3 Å². The largest absolute Gasteiger partial charge is 0.461 e. The Morgan fingerprint density at radius 2 is 1.86 bits per heavy atom. The van der Waals surface area contributed by atoms with Crippen molar-refractivity contribution in [2.75, 3.05) is 11.1 Å². The number of carbonyl (C=O) groups is 1. The first kappa shape index (κ1) is 24.5. The minimum absolute atomic E-state index is 0.0583. The van der Waals surface area contributed by atoms with Crippen LogP contribution in [0.15, 0.2) is 76.6 Å². The van der Waals surface area contributed by atoms with Crippen molar-refractivity contribution in [3.05, 3.63) is 93.4 Å². The first-order chi connectivity index (χ1) is 17.5. The third-order valence-corrected chi connectivity index (χ3v) is 7.55. The molecule has 7 nitrogen and oxygen atoms in total. The second kappa shape index (κ2) is 10.8. The minimum atomic E-state index is -0.362. The summed E-state index contributed by atoms with van der Waals surface area (Å²) in [5.41, 5.74) is 1.45. The van der Waals surface area contributed by atoms with Gasteiger partial charge in [-0.05, 0) is 54.1 Å².